The second-order valence-electron chi connectivity index (χ2n) is 2.21. The molecule has 0 heterocycles. The standard InChI is InChI=1S/C8H7BrClFO/c1-12-8-5(4-10)2-6(9)3-7(8)11/h2-3H,4H2,1H3. The zero-order valence-corrected chi connectivity index (χ0v) is 8.75. The van der Waals surface area contributed by atoms with E-state index in [-0.39, 0.29) is 11.6 Å². The Morgan fingerprint density at radius 2 is 2.25 bits per heavy atom. The smallest absolute Gasteiger partial charge is 0.166 e. The maximum atomic E-state index is 13.1. The van der Waals surface area contributed by atoms with Gasteiger partial charge in [-0.3, -0.25) is 0 Å². The molecule has 0 aliphatic carbocycles. The summed E-state index contributed by atoms with van der Waals surface area (Å²) in [6, 6.07) is 3.07. The van der Waals surface area contributed by atoms with Gasteiger partial charge >= 0.3 is 0 Å². The van der Waals surface area contributed by atoms with E-state index in [1.54, 1.807) is 6.07 Å². The van der Waals surface area contributed by atoms with E-state index in [9.17, 15) is 4.39 Å². The predicted molar refractivity (Wildman–Crippen MR) is 50.2 cm³/mol. The van der Waals surface area contributed by atoms with Crippen LogP contribution in [-0.4, -0.2) is 7.11 Å². The molecule has 0 bridgehead atoms. The third-order valence-corrected chi connectivity index (χ3v) is 2.18. The van der Waals surface area contributed by atoms with Crippen LogP contribution in [-0.2, 0) is 5.88 Å². The lowest BCUT2D eigenvalue weighted by molar-refractivity contribution is 0.383. The first-order chi connectivity index (χ1) is 5.69. The third-order valence-electron chi connectivity index (χ3n) is 1.43. The molecule has 66 valence electrons. The molecule has 1 aromatic carbocycles. The van der Waals surface area contributed by atoms with E-state index in [2.05, 4.69) is 15.9 Å². The highest BCUT2D eigenvalue weighted by molar-refractivity contribution is 9.10. The van der Waals surface area contributed by atoms with Crippen molar-refractivity contribution in [3.05, 3.63) is 28.0 Å². The van der Waals surface area contributed by atoms with E-state index in [1.165, 1.54) is 13.2 Å². The molecule has 12 heavy (non-hydrogen) atoms. The van der Waals surface area contributed by atoms with Gasteiger partial charge in [-0.2, -0.15) is 0 Å². The molecule has 0 N–H and O–H groups in total. The van der Waals surface area contributed by atoms with E-state index in [4.69, 9.17) is 16.3 Å². The Morgan fingerprint density at radius 1 is 1.58 bits per heavy atom. The minimum atomic E-state index is -0.400. The van der Waals surface area contributed by atoms with Gasteiger partial charge in [-0.15, -0.1) is 11.6 Å². The topological polar surface area (TPSA) is 9.23 Å². The van der Waals surface area contributed by atoms with E-state index in [1.807, 2.05) is 0 Å². The lowest BCUT2D eigenvalue weighted by Crippen LogP contribution is -1.93. The van der Waals surface area contributed by atoms with Gasteiger partial charge in [0.2, 0.25) is 0 Å². The SMILES string of the molecule is COc1c(F)cc(Br)cc1CCl. The Labute approximate surface area is 83.6 Å². The van der Waals surface area contributed by atoms with Gasteiger partial charge in [0, 0.05) is 10.0 Å². The molecule has 0 atom stereocenters. The van der Waals surface area contributed by atoms with Gasteiger partial charge in [-0.25, -0.2) is 4.39 Å². The molecule has 0 aromatic heterocycles. The van der Waals surface area contributed by atoms with Crippen LogP contribution in [0.4, 0.5) is 4.39 Å². The van der Waals surface area contributed by atoms with Crippen LogP contribution in [0.5, 0.6) is 5.75 Å². The fourth-order valence-corrected chi connectivity index (χ4v) is 1.62. The van der Waals surface area contributed by atoms with Crippen molar-refractivity contribution in [2.24, 2.45) is 0 Å². The van der Waals surface area contributed by atoms with Crippen LogP contribution < -0.4 is 4.74 Å². The lowest BCUT2D eigenvalue weighted by atomic mass is 10.2. The van der Waals surface area contributed by atoms with Crippen molar-refractivity contribution < 1.29 is 9.13 Å². The lowest BCUT2D eigenvalue weighted by Gasteiger charge is -2.06. The van der Waals surface area contributed by atoms with Crippen molar-refractivity contribution in [3.8, 4) is 5.75 Å². The van der Waals surface area contributed by atoms with Crippen molar-refractivity contribution in [1.29, 1.82) is 0 Å². The summed E-state index contributed by atoms with van der Waals surface area (Å²) >= 11 is 8.75. The molecule has 0 amide bonds. The van der Waals surface area contributed by atoms with Gasteiger partial charge in [-0.05, 0) is 12.1 Å². The predicted octanol–water partition coefficient (Wildman–Crippen LogP) is 3.34. The molecule has 0 spiro atoms. The normalized spacial score (nSPS) is 10.0. The van der Waals surface area contributed by atoms with Crippen LogP contribution in [0.2, 0.25) is 0 Å². The van der Waals surface area contributed by atoms with E-state index < -0.39 is 5.82 Å². The fraction of sp³-hybridized carbons (Fsp3) is 0.250. The minimum Gasteiger partial charge on any atom is -0.493 e. The quantitative estimate of drug-likeness (QED) is 0.735. The molecule has 0 radical (unpaired) electrons. The molecule has 0 saturated heterocycles. The highest BCUT2D eigenvalue weighted by Crippen LogP contribution is 2.27. The largest absolute Gasteiger partial charge is 0.493 e. The molecule has 1 aromatic rings. The van der Waals surface area contributed by atoms with Gasteiger partial charge in [0.25, 0.3) is 0 Å². The van der Waals surface area contributed by atoms with Crippen LogP contribution in [0, 0.1) is 5.82 Å². The summed E-state index contributed by atoms with van der Waals surface area (Å²) in [6.45, 7) is 0. The first kappa shape index (κ1) is 9.81. The molecule has 0 aliphatic rings. The second kappa shape index (κ2) is 4.10. The average Bonchev–Trinajstić information content (AvgIpc) is 2.03. The Balaban J connectivity index is 3.24. The van der Waals surface area contributed by atoms with Gasteiger partial charge in [0.05, 0.1) is 13.0 Å². The van der Waals surface area contributed by atoms with Crippen LogP contribution in [0.1, 0.15) is 5.56 Å². The number of rotatable bonds is 2. The first-order valence-corrected chi connectivity index (χ1v) is 4.59. The van der Waals surface area contributed by atoms with E-state index >= 15 is 0 Å². The highest BCUT2D eigenvalue weighted by atomic mass is 79.9. The second-order valence-corrected chi connectivity index (χ2v) is 3.40. The van der Waals surface area contributed by atoms with E-state index in [0.717, 1.165) is 0 Å². The van der Waals surface area contributed by atoms with Crippen LogP contribution >= 0.6 is 27.5 Å². The number of hydrogen-bond acceptors (Lipinski definition) is 1. The van der Waals surface area contributed by atoms with Gasteiger partial charge in [0.15, 0.2) is 11.6 Å². The van der Waals surface area contributed by atoms with Crippen LogP contribution in [0.3, 0.4) is 0 Å². The monoisotopic (exact) mass is 252 g/mol. The molecule has 0 aliphatic heterocycles. The Morgan fingerprint density at radius 3 is 2.75 bits per heavy atom. The van der Waals surface area contributed by atoms with Crippen molar-refractivity contribution >= 4 is 27.5 Å². The van der Waals surface area contributed by atoms with Crippen molar-refractivity contribution in [2.75, 3.05) is 7.11 Å². The average molecular weight is 253 g/mol. The molecular weight excluding hydrogens is 246 g/mol. The van der Waals surface area contributed by atoms with Gasteiger partial charge in [0.1, 0.15) is 0 Å². The zero-order chi connectivity index (χ0) is 9.14. The zero-order valence-electron chi connectivity index (χ0n) is 6.40. The summed E-state index contributed by atoms with van der Waals surface area (Å²) in [5.41, 5.74) is 0.644. The molecular formula is C8H7BrClFO. The van der Waals surface area contributed by atoms with E-state index in [0.29, 0.717) is 10.0 Å². The maximum Gasteiger partial charge on any atom is 0.166 e. The number of methoxy groups -OCH3 is 1. The van der Waals surface area contributed by atoms with Crippen molar-refractivity contribution in [2.45, 2.75) is 5.88 Å². The summed E-state index contributed by atoms with van der Waals surface area (Å²) in [5.74, 6) is 0.0511. The van der Waals surface area contributed by atoms with Gasteiger partial charge in [-0.1, -0.05) is 15.9 Å². The summed E-state index contributed by atoms with van der Waals surface area (Å²) in [4.78, 5) is 0. The van der Waals surface area contributed by atoms with Crippen LogP contribution in [0.25, 0.3) is 0 Å². The third kappa shape index (κ3) is 1.90. The molecule has 1 rings (SSSR count). The summed E-state index contributed by atoms with van der Waals surface area (Å²) in [7, 11) is 1.42. The first-order valence-electron chi connectivity index (χ1n) is 3.27. The highest BCUT2D eigenvalue weighted by Gasteiger charge is 2.09. The number of ether oxygens (including phenoxy) is 1. The Bertz CT molecular complexity index is 291. The number of benzene rings is 1. The summed E-state index contributed by atoms with van der Waals surface area (Å²) in [6.07, 6.45) is 0. The molecule has 1 nitrogen and oxygen atoms in total. The summed E-state index contributed by atoms with van der Waals surface area (Å²) < 4.78 is 18.6. The molecule has 4 heteroatoms. The molecule has 0 saturated carbocycles. The molecule has 0 unspecified atom stereocenters. The number of hydrogen-bond donors (Lipinski definition) is 0. The number of alkyl halides is 1. The van der Waals surface area contributed by atoms with Crippen molar-refractivity contribution in [3.63, 3.8) is 0 Å². The van der Waals surface area contributed by atoms with Crippen LogP contribution in [0.15, 0.2) is 16.6 Å². The van der Waals surface area contributed by atoms with Crippen molar-refractivity contribution in [1.82, 2.24) is 0 Å². The molecule has 0 fully saturated rings. The number of halogens is 3. The fourth-order valence-electron chi connectivity index (χ4n) is 0.942. The summed E-state index contributed by atoms with van der Waals surface area (Å²) in [5, 5.41) is 0. The Hall–Kier alpha value is -0.280. The van der Waals surface area contributed by atoms with Gasteiger partial charge < -0.3 is 4.74 Å². The minimum absolute atomic E-state index is 0.216. The maximum absolute atomic E-state index is 13.1. The Kier molecular flexibility index (Phi) is 3.35.